The Labute approximate surface area is 292 Å². The molecule has 50 heavy (non-hydrogen) atoms. The Balaban J connectivity index is 1.39. The molecule has 3 nitrogen and oxygen atoms in total. The SMILES string of the molecule is CC(C)c1cc(-c2ccccc2)cc(C(C)C)c1-n1c(-c2cccc3c2oc2cc(-c4ccccc4)ccc23)nc2ccc3ccccc3c21. The van der Waals surface area contributed by atoms with E-state index in [0.29, 0.717) is 0 Å². The zero-order valence-electron chi connectivity index (χ0n) is 28.8. The fraction of sp³-hybridized carbons (Fsp3) is 0.128. The van der Waals surface area contributed by atoms with Crippen LogP contribution >= 0.6 is 0 Å². The summed E-state index contributed by atoms with van der Waals surface area (Å²) in [6.45, 7) is 9.22. The van der Waals surface area contributed by atoms with E-state index in [0.717, 1.165) is 49.9 Å². The highest BCUT2D eigenvalue weighted by molar-refractivity contribution is 6.12. The molecule has 0 saturated heterocycles. The molecule has 9 rings (SSSR count). The van der Waals surface area contributed by atoms with Crippen molar-refractivity contribution < 1.29 is 4.42 Å². The van der Waals surface area contributed by atoms with E-state index < -0.39 is 0 Å². The summed E-state index contributed by atoms with van der Waals surface area (Å²) < 4.78 is 9.31. The highest BCUT2D eigenvalue weighted by Crippen LogP contribution is 2.44. The molecular weight excluding hydrogens is 609 g/mol. The van der Waals surface area contributed by atoms with Crippen LogP contribution < -0.4 is 0 Å². The lowest BCUT2D eigenvalue weighted by atomic mass is 9.88. The zero-order valence-corrected chi connectivity index (χ0v) is 28.8. The van der Waals surface area contributed by atoms with Crippen molar-refractivity contribution in [1.29, 1.82) is 0 Å². The first-order valence-corrected chi connectivity index (χ1v) is 17.6. The molecule has 3 heteroatoms. The lowest BCUT2D eigenvalue weighted by Gasteiger charge is -2.24. The van der Waals surface area contributed by atoms with Gasteiger partial charge in [0.05, 0.1) is 22.3 Å². The maximum absolute atomic E-state index is 6.85. The Morgan fingerprint density at radius 1 is 0.520 bits per heavy atom. The number of hydrogen-bond acceptors (Lipinski definition) is 2. The van der Waals surface area contributed by atoms with Crippen LogP contribution in [0.15, 0.2) is 150 Å². The predicted octanol–water partition coefficient (Wildman–Crippen LogP) is 13.3. The number of imidazole rings is 1. The van der Waals surface area contributed by atoms with Gasteiger partial charge in [0.1, 0.15) is 17.0 Å². The Bertz CT molecular complexity index is 2670. The van der Waals surface area contributed by atoms with Crippen molar-refractivity contribution in [3.8, 4) is 39.3 Å². The summed E-state index contributed by atoms with van der Waals surface area (Å²) in [4.78, 5) is 5.48. The maximum atomic E-state index is 6.85. The van der Waals surface area contributed by atoms with Gasteiger partial charge < -0.3 is 4.42 Å². The Morgan fingerprint density at radius 2 is 1.16 bits per heavy atom. The van der Waals surface area contributed by atoms with Gasteiger partial charge >= 0.3 is 0 Å². The average Bonchev–Trinajstić information content (AvgIpc) is 3.73. The number of para-hydroxylation sites is 1. The molecule has 7 aromatic carbocycles. The summed E-state index contributed by atoms with van der Waals surface area (Å²) >= 11 is 0. The number of fused-ring (bicyclic) bond motifs is 6. The average molecular weight is 647 g/mol. The lowest BCUT2D eigenvalue weighted by molar-refractivity contribution is 0.669. The van der Waals surface area contributed by atoms with Crippen LogP contribution in [0.5, 0.6) is 0 Å². The molecule has 0 amide bonds. The van der Waals surface area contributed by atoms with Gasteiger partial charge in [0, 0.05) is 16.2 Å². The fourth-order valence-electron chi connectivity index (χ4n) is 7.64. The molecule has 0 aliphatic heterocycles. The first-order valence-electron chi connectivity index (χ1n) is 17.6. The summed E-state index contributed by atoms with van der Waals surface area (Å²) in [5.41, 5.74) is 13.4. The molecule has 2 heterocycles. The minimum atomic E-state index is 0.268. The van der Waals surface area contributed by atoms with Gasteiger partial charge in [0.2, 0.25) is 0 Å². The van der Waals surface area contributed by atoms with E-state index in [-0.39, 0.29) is 11.8 Å². The number of rotatable bonds is 6. The van der Waals surface area contributed by atoms with Gasteiger partial charge in [-0.1, -0.05) is 137 Å². The van der Waals surface area contributed by atoms with Gasteiger partial charge in [-0.25, -0.2) is 4.98 Å². The summed E-state index contributed by atoms with van der Waals surface area (Å²) in [6.07, 6.45) is 0. The molecule has 0 aliphatic rings. The lowest BCUT2D eigenvalue weighted by Crippen LogP contribution is -2.09. The van der Waals surface area contributed by atoms with Crippen LogP contribution in [0.3, 0.4) is 0 Å². The summed E-state index contributed by atoms with van der Waals surface area (Å²) in [6, 6.07) is 52.1. The Hall–Kier alpha value is -5.93. The van der Waals surface area contributed by atoms with Crippen molar-refractivity contribution in [2.24, 2.45) is 0 Å². The summed E-state index contributed by atoms with van der Waals surface area (Å²) in [7, 11) is 0. The van der Waals surface area contributed by atoms with E-state index in [2.05, 4.69) is 178 Å². The number of aromatic nitrogens is 2. The minimum Gasteiger partial charge on any atom is -0.455 e. The predicted molar refractivity (Wildman–Crippen MR) is 210 cm³/mol. The van der Waals surface area contributed by atoms with Gasteiger partial charge in [-0.05, 0) is 87.0 Å². The van der Waals surface area contributed by atoms with Crippen LogP contribution in [0.4, 0.5) is 0 Å². The molecule has 0 atom stereocenters. The smallest absolute Gasteiger partial charge is 0.149 e. The van der Waals surface area contributed by atoms with Crippen molar-refractivity contribution >= 4 is 43.7 Å². The monoisotopic (exact) mass is 646 g/mol. The van der Waals surface area contributed by atoms with E-state index in [4.69, 9.17) is 9.40 Å². The molecule has 0 spiro atoms. The third-order valence-electron chi connectivity index (χ3n) is 10.1. The Morgan fingerprint density at radius 3 is 1.86 bits per heavy atom. The topological polar surface area (TPSA) is 31.0 Å². The summed E-state index contributed by atoms with van der Waals surface area (Å²) in [5.74, 6) is 1.43. The summed E-state index contributed by atoms with van der Waals surface area (Å²) in [5, 5.41) is 4.58. The largest absolute Gasteiger partial charge is 0.455 e. The highest BCUT2D eigenvalue weighted by Gasteiger charge is 2.26. The van der Waals surface area contributed by atoms with Crippen LogP contribution in [0, 0.1) is 0 Å². The van der Waals surface area contributed by atoms with Crippen molar-refractivity contribution in [3.63, 3.8) is 0 Å². The van der Waals surface area contributed by atoms with Gasteiger partial charge in [0.15, 0.2) is 0 Å². The molecule has 0 radical (unpaired) electrons. The van der Waals surface area contributed by atoms with Crippen molar-refractivity contribution in [1.82, 2.24) is 9.55 Å². The van der Waals surface area contributed by atoms with Gasteiger partial charge in [-0.3, -0.25) is 4.57 Å². The normalized spacial score (nSPS) is 12.0. The van der Waals surface area contributed by atoms with Crippen molar-refractivity contribution in [3.05, 3.63) is 157 Å². The van der Waals surface area contributed by atoms with E-state index in [9.17, 15) is 0 Å². The van der Waals surface area contributed by atoms with Crippen LogP contribution in [-0.4, -0.2) is 9.55 Å². The quantitative estimate of drug-likeness (QED) is 0.180. The fourth-order valence-corrected chi connectivity index (χ4v) is 7.64. The number of furan rings is 1. The molecule has 242 valence electrons. The van der Waals surface area contributed by atoms with E-state index >= 15 is 0 Å². The van der Waals surface area contributed by atoms with Crippen molar-refractivity contribution in [2.75, 3.05) is 0 Å². The molecule has 0 bridgehead atoms. The number of benzene rings is 7. The maximum Gasteiger partial charge on any atom is 0.149 e. The van der Waals surface area contributed by atoms with Crippen molar-refractivity contribution in [2.45, 2.75) is 39.5 Å². The molecule has 2 aromatic heterocycles. The first kappa shape index (κ1) is 30.2. The van der Waals surface area contributed by atoms with E-state index in [1.165, 1.54) is 44.3 Å². The first-order chi connectivity index (χ1) is 24.5. The van der Waals surface area contributed by atoms with Crippen LogP contribution in [0.1, 0.15) is 50.7 Å². The molecule has 9 aromatic rings. The second kappa shape index (κ2) is 11.9. The van der Waals surface area contributed by atoms with E-state index in [1.807, 2.05) is 0 Å². The Kier molecular flexibility index (Phi) is 7.17. The molecule has 0 saturated carbocycles. The van der Waals surface area contributed by atoms with Gasteiger partial charge in [-0.15, -0.1) is 0 Å². The van der Waals surface area contributed by atoms with Crippen LogP contribution in [0.25, 0.3) is 83.1 Å². The minimum absolute atomic E-state index is 0.268. The number of nitrogens with zero attached hydrogens (tertiary/aromatic N) is 2. The second-order valence-corrected chi connectivity index (χ2v) is 14.0. The van der Waals surface area contributed by atoms with Gasteiger partial charge in [-0.2, -0.15) is 0 Å². The third kappa shape index (κ3) is 4.84. The molecule has 0 unspecified atom stereocenters. The molecule has 0 fully saturated rings. The van der Waals surface area contributed by atoms with Crippen LogP contribution in [-0.2, 0) is 0 Å². The number of hydrogen-bond donors (Lipinski definition) is 0. The molecule has 0 aliphatic carbocycles. The standard InChI is InChI=1S/C47H38N2O/c1-29(2)40-26-35(32-16-9-6-10-17-32)27-41(30(3)4)44(40)49-45-36-19-12-11-18-33(36)23-25-42(45)48-47(49)39-21-13-20-38-37-24-22-34(28-43(37)50-46(38)39)31-14-7-5-8-15-31/h5-30H,1-4H3. The van der Waals surface area contributed by atoms with Gasteiger partial charge in [0.25, 0.3) is 0 Å². The zero-order chi connectivity index (χ0) is 33.9. The molecule has 0 N–H and O–H groups in total. The molecular formula is C47H38N2O. The second-order valence-electron chi connectivity index (χ2n) is 14.0. The third-order valence-corrected chi connectivity index (χ3v) is 10.1. The van der Waals surface area contributed by atoms with E-state index in [1.54, 1.807) is 0 Å². The van der Waals surface area contributed by atoms with Crippen LogP contribution in [0.2, 0.25) is 0 Å². The highest BCUT2D eigenvalue weighted by atomic mass is 16.3.